The van der Waals surface area contributed by atoms with E-state index in [-0.39, 0.29) is 0 Å². The molecule has 0 aliphatic rings. The van der Waals surface area contributed by atoms with Crippen LogP contribution in [0.4, 0.5) is 0 Å². The molecule has 4 N–H and O–H groups in total. The van der Waals surface area contributed by atoms with E-state index in [1.807, 2.05) is 72.8 Å². The van der Waals surface area contributed by atoms with Crippen molar-refractivity contribution in [1.82, 2.24) is 49.0 Å². The Labute approximate surface area is 395 Å². The van der Waals surface area contributed by atoms with Gasteiger partial charge in [0, 0.05) is 63.3 Å². The lowest BCUT2D eigenvalue weighted by atomic mass is 9.80. The normalized spacial score (nSPS) is 11.5. The molecule has 0 unspecified atom stereocenters. The first-order chi connectivity index (χ1) is 33.5. The van der Waals surface area contributed by atoms with Crippen molar-refractivity contribution in [2.24, 2.45) is 0 Å². The van der Waals surface area contributed by atoms with Gasteiger partial charge in [0.25, 0.3) is 0 Å². The van der Waals surface area contributed by atoms with Crippen LogP contribution in [0.15, 0.2) is 199 Å². The van der Waals surface area contributed by atoms with Crippen molar-refractivity contribution in [2.75, 3.05) is 0 Å². The molecule has 14 rings (SSSR count). The summed E-state index contributed by atoms with van der Waals surface area (Å²) >= 11 is 3.30. The molecule has 14 heteroatoms. The molecule has 68 heavy (non-hydrogen) atoms. The summed E-state index contributed by atoms with van der Waals surface area (Å²) in [5.74, 6) is 0.830. The van der Waals surface area contributed by atoms with Crippen LogP contribution in [0, 0.1) is 0 Å². The van der Waals surface area contributed by atoms with E-state index in [2.05, 4.69) is 151 Å². The van der Waals surface area contributed by atoms with Gasteiger partial charge in [0.2, 0.25) is 0 Å². The fraction of sp³-hybridized carbons (Fsp3) is 0. The van der Waals surface area contributed by atoms with Gasteiger partial charge < -0.3 is 29.2 Å². The third-order valence-corrected chi connectivity index (χ3v) is 12.5. The molecule has 0 aliphatic heterocycles. The molecule has 0 aliphatic carbocycles. The number of H-pyrrole nitrogens is 2. The van der Waals surface area contributed by atoms with Crippen molar-refractivity contribution in [3.63, 3.8) is 0 Å². The lowest BCUT2D eigenvalue weighted by Crippen LogP contribution is -2.29. The van der Waals surface area contributed by atoms with Crippen LogP contribution >= 0.6 is 15.9 Å². The molecule has 8 aromatic carbocycles. The molecule has 0 fully saturated rings. The van der Waals surface area contributed by atoms with Crippen LogP contribution in [-0.4, -0.2) is 66.2 Å². The zero-order valence-corrected chi connectivity index (χ0v) is 37.5. The van der Waals surface area contributed by atoms with E-state index in [0.29, 0.717) is 10.2 Å². The van der Waals surface area contributed by atoms with Crippen LogP contribution in [0.3, 0.4) is 0 Å². The first-order valence-electron chi connectivity index (χ1n) is 21.8. The summed E-state index contributed by atoms with van der Waals surface area (Å²) in [6.07, 6.45) is 6.76. The van der Waals surface area contributed by atoms with Gasteiger partial charge in [-0.15, -0.1) is 0 Å². The average molecular weight is 948 g/mol. The Morgan fingerprint density at radius 2 is 0.912 bits per heavy atom. The molecule has 0 amide bonds. The highest BCUT2D eigenvalue weighted by Gasteiger charge is 2.18. The first kappa shape index (κ1) is 40.9. The molecule has 324 valence electrons. The molecule has 0 bridgehead atoms. The van der Waals surface area contributed by atoms with Crippen molar-refractivity contribution < 1.29 is 10.0 Å². The number of nitrogens with one attached hydrogen (secondary N) is 2. The Morgan fingerprint density at radius 3 is 1.50 bits per heavy atom. The summed E-state index contributed by atoms with van der Waals surface area (Å²) in [6.45, 7) is 0. The number of hydrogen-bond acceptors (Lipinski definition) is 8. The van der Waals surface area contributed by atoms with E-state index < -0.39 is 7.12 Å². The molecule has 6 aromatic heterocycles. The predicted molar refractivity (Wildman–Crippen MR) is 276 cm³/mol. The molecule has 12 nitrogen and oxygen atoms in total. The van der Waals surface area contributed by atoms with Gasteiger partial charge in [-0.3, -0.25) is 19.9 Å². The topological polar surface area (TPSA) is 159 Å². The maximum atomic E-state index is 9.43. The Morgan fingerprint density at radius 1 is 0.426 bits per heavy atom. The number of aromatic nitrogens is 10. The standard InChI is InChI=1S/C27H17N5.C18H14BNO2.C9H5BrN4/c1-2-6-18(7-3-1)32-23-9-5-4-8-19(23)20-16-17(10-13-24(20)32)27-30-22-12-11-21-25(26(22)31-27)29-15-14-28-21;21-19(22)13-10-11-18-16(12-13)15-8-4-5-9-17(15)20(18)14-6-2-1-3-7-14;10-9-13-6-2-1-5-7(8(6)14-9)12-4-3-11-5/h1-16H,(H,30,31);1-12,21-22H;1-4H,(H,13,14). The number of halogens is 1. The fourth-order valence-corrected chi connectivity index (χ4v) is 9.49. The molecule has 0 atom stereocenters. The van der Waals surface area contributed by atoms with Crippen molar-refractivity contribution in [2.45, 2.75) is 0 Å². The average Bonchev–Trinajstić information content (AvgIpc) is 4.17. The second-order valence-electron chi connectivity index (χ2n) is 16.1. The van der Waals surface area contributed by atoms with E-state index in [9.17, 15) is 10.0 Å². The third-order valence-electron chi connectivity index (χ3n) is 12.1. The van der Waals surface area contributed by atoms with Gasteiger partial charge in [-0.05, 0) is 106 Å². The number of nitrogens with zero attached hydrogens (tertiary/aromatic N) is 8. The van der Waals surface area contributed by atoms with Crippen LogP contribution in [-0.2, 0) is 0 Å². The van der Waals surface area contributed by atoms with E-state index in [1.54, 1.807) is 30.9 Å². The molecule has 0 radical (unpaired) electrons. The number of aromatic amines is 2. The Bertz CT molecular complexity index is 4170. The van der Waals surface area contributed by atoms with Crippen molar-refractivity contribution >= 4 is 116 Å². The maximum Gasteiger partial charge on any atom is 0.488 e. The summed E-state index contributed by atoms with van der Waals surface area (Å²) < 4.78 is 5.22. The maximum absolute atomic E-state index is 9.43. The third kappa shape index (κ3) is 7.20. The number of benzene rings is 8. The minimum atomic E-state index is -1.46. The zero-order chi connectivity index (χ0) is 45.7. The van der Waals surface area contributed by atoms with Gasteiger partial charge in [0.1, 0.15) is 27.9 Å². The first-order valence-corrected chi connectivity index (χ1v) is 22.6. The lowest BCUT2D eigenvalue weighted by molar-refractivity contribution is 0.426. The molecule has 14 aromatic rings. The van der Waals surface area contributed by atoms with Crippen molar-refractivity contribution in [1.29, 1.82) is 0 Å². The second kappa shape index (κ2) is 17.0. The zero-order valence-electron chi connectivity index (χ0n) is 35.9. The monoisotopic (exact) mass is 946 g/mol. The highest BCUT2D eigenvalue weighted by molar-refractivity contribution is 9.10. The smallest absolute Gasteiger partial charge is 0.423 e. The quantitative estimate of drug-likeness (QED) is 0.127. The highest BCUT2D eigenvalue weighted by atomic mass is 79.9. The minimum absolute atomic E-state index is 0.503. The number of rotatable bonds is 4. The lowest BCUT2D eigenvalue weighted by Gasteiger charge is -2.07. The summed E-state index contributed by atoms with van der Waals surface area (Å²) in [5.41, 5.74) is 15.3. The summed E-state index contributed by atoms with van der Waals surface area (Å²) in [4.78, 5) is 33.1. The van der Waals surface area contributed by atoms with E-state index in [4.69, 9.17) is 4.98 Å². The molecular formula is C54H36BBrN10O2. The Balaban J connectivity index is 0.000000115. The SMILES string of the molecule is Brc1nc2c(ccc3nccnc32)[nH]1.OB(O)c1ccc2c(c1)c1ccccc1n2-c1ccccc1.c1ccc(-n2c3ccccc3c3cc(-c4nc5c(ccc6nccnc65)[nH]4)ccc32)cc1. The van der Waals surface area contributed by atoms with E-state index in [1.165, 1.54) is 21.8 Å². The largest absolute Gasteiger partial charge is 0.488 e. The van der Waals surface area contributed by atoms with Gasteiger partial charge >= 0.3 is 7.12 Å². The van der Waals surface area contributed by atoms with Gasteiger partial charge in [0.05, 0.1) is 44.1 Å². The van der Waals surface area contributed by atoms with Crippen molar-refractivity contribution in [3.05, 3.63) is 199 Å². The van der Waals surface area contributed by atoms with Crippen LogP contribution < -0.4 is 5.46 Å². The number of fused-ring (bicyclic) bond motifs is 12. The molecule has 0 spiro atoms. The summed E-state index contributed by atoms with van der Waals surface area (Å²) in [6, 6.07) is 57.3. The summed E-state index contributed by atoms with van der Waals surface area (Å²) in [5, 5.41) is 23.4. The van der Waals surface area contributed by atoms with Gasteiger partial charge in [-0.2, -0.15) is 0 Å². The van der Waals surface area contributed by atoms with E-state index in [0.717, 1.165) is 88.7 Å². The predicted octanol–water partition coefficient (Wildman–Crippen LogP) is 11.0. The van der Waals surface area contributed by atoms with Gasteiger partial charge in [-0.25, -0.2) is 9.97 Å². The van der Waals surface area contributed by atoms with Crippen LogP contribution in [0.2, 0.25) is 0 Å². The second-order valence-corrected chi connectivity index (χ2v) is 16.9. The minimum Gasteiger partial charge on any atom is -0.423 e. The Hall–Kier alpha value is -8.56. The summed E-state index contributed by atoms with van der Waals surface area (Å²) in [7, 11) is -1.46. The highest BCUT2D eigenvalue weighted by Crippen LogP contribution is 2.36. The number of hydrogen-bond donors (Lipinski definition) is 4. The van der Waals surface area contributed by atoms with Crippen LogP contribution in [0.1, 0.15) is 0 Å². The van der Waals surface area contributed by atoms with Gasteiger partial charge in [0.15, 0.2) is 4.73 Å². The van der Waals surface area contributed by atoms with Crippen molar-refractivity contribution in [3.8, 4) is 22.8 Å². The van der Waals surface area contributed by atoms with Gasteiger partial charge in [-0.1, -0.05) is 84.9 Å². The molecule has 6 heterocycles. The van der Waals surface area contributed by atoms with Crippen LogP contribution in [0.5, 0.6) is 0 Å². The van der Waals surface area contributed by atoms with E-state index >= 15 is 0 Å². The fourth-order valence-electron chi connectivity index (χ4n) is 9.10. The van der Waals surface area contributed by atoms with Crippen LogP contribution in [0.25, 0.3) is 111 Å². The molecule has 0 saturated heterocycles. The number of para-hydroxylation sites is 4. The molecule has 0 saturated carbocycles. The molecular weight excluding hydrogens is 911 g/mol. The Kier molecular flexibility index (Phi) is 10.2. The number of imidazole rings is 2.